The summed E-state index contributed by atoms with van der Waals surface area (Å²) in [6.45, 7) is 6.46. The van der Waals surface area contributed by atoms with Gasteiger partial charge >= 0.3 is 0 Å². The molecule has 27 heavy (non-hydrogen) atoms. The van der Waals surface area contributed by atoms with Crippen LogP contribution in [0.15, 0.2) is 47.4 Å². The van der Waals surface area contributed by atoms with Crippen LogP contribution in [0.2, 0.25) is 0 Å². The number of hydrogen-bond donors (Lipinski definition) is 1. The third kappa shape index (κ3) is 4.93. The van der Waals surface area contributed by atoms with E-state index in [1.54, 1.807) is 25.1 Å². The van der Waals surface area contributed by atoms with Crippen LogP contribution < -0.4 is 4.72 Å². The predicted molar refractivity (Wildman–Crippen MR) is 103 cm³/mol. The van der Waals surface area contributed by atoms with Crippen LogP contribution in [0.5, 0.6) is 0 Å². The molecule has 1 N–H and O–H groups in total. The Labute approximate surface area is 160 Å². The van der Waals surface area contributed by atoms with E-state index in [1.807, 2.05) is 19.1 Å². The Morgan fingerprint density at radius 3 is 2.44 bits per heavy atom. The van der Waals surface area contributed by atoms with Gasteiger partial charge in [-0.15, -0.1) is 0 Å². The first-order chi connectivity index (χ1) is 12.9. The first-order valence-electron chi connectivity index (χ1n) is 9.01. The standard InChI is InChI=1S/C20H25FN2O3S/c1-15-3-4-16(2)20(13-15)27(24,25)22-14-19(23-9-11-26-12-10-23)17-5-7-18(21)8-6-17/h3-8,13,19,22H,9-12,14H2,1-2H3. The Kier molecular flexibility index (Phi) is 6.26. The van der Waals surface area contributed by atoms with E-state index in [9.17, 15) is 12.8 Å². The minimum absolute atomic E-state index is 0.186. The summed E-state index contributed by atoms with van der Waals surface area (Å²) in [4.78, 5) is 2.46. The van der Waals surface area contributed by atoms with Crippen LogP contribution >= 0.6 is 0 Å². The largest absolute Gasteiger partial charge is 0.379 e. The quantitative estimate of drug-likeness (QED) is 0.821. The average molecular weight is 392 g/mol. The van der Waals surface area contributed by atoms with Crippen LogP contribution in [0.1, 0.15) is 22.7 Å². The van der Waals surface area contributed by atoms with Gasteiger partial charge in [-0.2, -0.15) is 0 Å². The van der Waals surface area contributed by atoms with Crippen LogP contribution in [-0.4, -0.2) is 46.2 Å². The minimum atomic E-state index is -3.65. The number of nitrogens with zero attached hydrogens (tertiary/aromatic N) is 1. The lowest BCUT2D eigenvalue weighted by atomic mass is 10.0. The number of halogens is 1. The van der Waals surface area contributed by atoms with E-state index < -0.39 is 10.0 Å². The normalized spacial score (nSPS) is 17.0. The minimum Gasteiger partial charge on any atom is -0.379 e. The third-order valence-electron chi connectivity index (χ3n) is 4.84. The van der Waals surface area contributed by atoms with Crippen LogP contribution in [-0.2, 0) is 14.8 Å². The number of benzene rings is 2. The number of aryl methyl sites for hydroxylation is 2. The maximum absolute atomic E-state index is 13.3. The molecule has 1 heterocycles. The van der Waals surface area contributed by atoms with Crippen molar-refractivity contribution < 1.29 is 17.5 Å². The van der Waals surface area contributed by atoms with E-state index in [2.05, 4.69) is 9.62 Å². The first-order valence-corrected chi connectivity index (χ1v) is 10.5. The van der Waals surface area contributed by atoms with Crippen molar-refractivity contribution in [1.82, 2.24) is 9.62 Å². The van der Waals surface area contributed by atoms with Crippen molar-refractivity contribution in [3.05, 3.63) is 65.0 Å². The van der Waals surface area contributed by atoms with E-state index in [0.717, 1.165) is 11.1 Å². The highest BCUT2D eigenvalue weighted by Gasteiger charge is 2.25. The Morgan fingerprint density at radius 1 is 1.11 bits per heavy atom. The number of ether oxygens (including phenoxy) is 1. The molecule has 0 aromatic heterocycles. The van der Waals surface area contributed by atoms with Crippen LogP contribution in [0.3, 0.4) is 0 Å². The zero-order chi connectivity index (χ0) is 19.4. The van der Waals surface area contributed by atoms with Crippen molar-refractivity contribution in [2.45, 2.75) is 24.8 Å². The molecular weight excluding hydrogens is 367 g/mol. The summed E-state index contributed by atoms with van der Waals surface area (Å²) in [5, 5.41) is 0. The molecular formula is C20H25FN2O3S. The van der Waals surface area contributed by atoms with Gasteiger partial charge in [-0.1, -0.05) is 24.3 Å². The molecule has 146 valence electrons. The molecule has 0 radical (unpaired) electrons. The fourth-order valence-corrected chi connectivity index (χ4v) is 4.66. The molecule has 1 unspecified atom stereocenters. The molecule has 0 aliphatic carbocycles. The second-order valence-corrected chi connectivity index (χ2v) is 8.57. The van der Waals surface area contributed by atoms with Gasteiger partial charge in [0.1, 0.15) is 5.82 Å². The van der Waals surface area contributed by atoms with Crippen molar-refractivity contribution >= 4 is 10.0 Å². The maximum Gasteiger partial charge on any atom is 0.240 e. The van der Waals surface area contributed by atoms with Crippen molar-refractivity contribution in [3.8, 4) is 0 Å². The fourth-order valence-electron chi connectivity index (χ4n) is 3.30. The molecule has 7 heteroatoms. The number of hydrogen-bond acceptors (Lipinski definition) is 4. The van der Waals surface area contributed by atoms with Crippen molar-refractivity contribution in [2.75, 3.05) is 32.8 Å². The van der Waals surface area contributed by atoms with Gasteiger partial charge in [0.15, 0.2) is 0 Å². The topological polar surface area (TPSA) is 58.6 Å². The highest BCUT2D eigenvalue weighted by Crippen LogP contribution is 2.23. The number of nitrogens with one attached hydrogen (secondary N) is 1. The zero-order valence-electron chi connectivity index (χ0n) is 15.6. The average Bonchev–Trinajstić information content (AvgIpc) is 2.66. The molecule has 2 aromatic carbocycles. The van der Waals surface area contributed by atoms with Gasteiger partial charge in [0.05, 0.1) is 18.1 Å². The molecule has 0 saturated carbocycles. The number of sulfonamides is 1. The van der Waals surface area contributed by atoms with E-state index in [0.29, 0.717) is 36.8 Å². The van der Waals surface area contributed by atoms with Crippen molar-refractivity contribution in [2.24, 2.45) is 0 Å². The highest BCUT2D eigenvalue weighted by molar-refractivity contribution is 7.89. The van der Waals surface area contributed by atoms with E-state index in [4.69, 9.17) is 4.74 Å². The summed E-state index contributed by atoms with van der Waals surface area (Å²) in [5.41, 5.74) is 2.48. The van der Waals surface area contributed by atoms with Crippen LogP contribution in [0, 0.1) is 19.7 Å². The van der Waals surface area contributed by atoms with Gasteiger partial charge in [0.2, 0.25) is 10.0 Å². The molecule has 0 spiro atoms. The number of morpholine rings is 1. The van der Waals surface area contributed by atoms with Crippen molar-refractivity contribution in [3.63, 3.8) is 0 Å². The molecule has 1 saturated heterocycles. The van der Waals surface area contributed by atoms with Gasteiger partial charge in [-0.05, 0) is 48.7 Å². The first kappa shape index (κ1) is 19.9. The Balaban J connectivity index is 1.83. The predicted octanol–water partition coefficient (Wildman–Crippen LogP) is 2.79. The maximum atomic E-state index is 13.3. The monoisotopic (exact) mass is 392 g/mol. The molecule has 1 aliphatic heterocycles. The molecule has 5 nitrogen and oxygen atoms in total. The second kappa shape index (κ2) is 8.48. The van der Waals surface area contributed by atoms with Crippen molar-refractivity contribution in [1.29, 1.82) is 0 Å². The zero-order valence-corrected chi connectivity index (χ0v) is 16.4. The highest BCUT2D eigenvalue weighted by atomic mass is 32.2. The van der Waals surface area contributed by atoms with E-state index in [1.165, 1.54) is 12.1 Å². The van der Waals surface area contributed by atoms with Gasteiger partial charge < -0.3 is 4.74 Å². The summed E-state index contributed by atoms with van der Waals surface area (Å²) in [6.07, 6.45) is 0. The Bertz CT molecular complexity index is 879. The SMILES string of the molecule is Cc1ccc(C)c(S(=O)(=O)NCC(c2ccc(F)cc2)N2CCOCC2)c1. The van der Waals surface area contributed by atoms with Crippen LogP contribution in [0.4, 0.5) is 4.39 Å². The van der Waals surface area contributed by atoms with E-state index >= 15 is 0 Å². The molecule has 1 aliphatic rings. The molecule has 0 bridgehead atoms. The molecule has 2 aromatic rings. The Morgan fingerprint density at radius 2 is 1.78 bits per heavy atom. The summed E-state index contributed by atoms with van der Waals surface area (Å²) < 4.78 is 47.2. The van der Waals surface area contributed by atoms with Gasteiger partial charge in [0, 0.05) is 25.7 Å². The molecule has 1 fully saturated rings. The number of rotatable bonds is 6. The molecule has 3 rings (SSSR count). The van der Waals surface area contributed by atoms with E-state index in [-0.39, 0.29) is 18.4 Å². The third-order valence-corrected chi connectivity index (χ3v) is 6.41. The lowest BCUT2D eigenvalue weighted by Gasteiger charge is -2.35. The summed E-state index contributed by atoms with van der Waals surface area (Å²) in [6, 6.07) is 11.4. The summed E-state index contributed by atoms with van der Waals surface area (Å²) >= 11 is 0. The molecule has 0 amide bonds. The fraction of sp³-hybridized carbons (Fsp3) is 0.400. The molecule has 1 atom stereocenters. The van der Waals surface area contributed by atoms with Crippen LogP contribution in [0.25, 0.3) is 0 Å². The summed E-state index contributed by atoms with van der Waals surface area (Å²) in [7, 11) is -3.65. The summed E-state index contributed by atoms with van der Waals surface area (Å²) in [5.74, 6) is -0.310. The van der Waals surface area contributed by atoms with Gasteiger partial charge in [-0.25, -0.2) is 17.5 Å². The lowest BCUT2D eigenvalue weighted by Crippen LogP contribution is -2.43. The smallest absolute Gasteiger partial charge is 0.240 e. The van der Waals surface area contributed by atoms with Gasteiger partial charge in [0.25, 0.3) is 0 Å². The second-order valence-electron chi connectivity index (χ2n) is 6.84. The van der Waals surface area contributed by atoms with Gasteiger partial charge in [-0.3, -0.25) is 4.90 Å². The Hall–Kier alpha value is -1.80. The lowest BCUT2D eigenvalue weighted by molar-refractivity contribution is 0.0172.